The fraction of sp³-hybridized carbons (Fsp3) is 0.538. The number of pyridine rings is 1. The van der Waals surface area contributed by atoms with Crippen LogP contribution in [0.3, 0.4) is 0 Å². The van der Waals surface area contributed by atoms with Crippen molar-refractivity contribution in [3.63, 3.8) is 0 Å². The molecule has 17 heavy (non-hydrogen) atoms. The minimum Gasteiger partial charge on any atom is -0.373 e. The molecule has 92 valence electrons. The number of rotatable bonds is 6. The predicted molar refractivity (Wildman–Crippen MR) is 71.1 cm³/mol. The molecule has 0 atom stereocenters. The standard InChI is InChI=1S/C13H20N4/c1-11(2)10-17(8-4-6-14)12-5-7-16-13(9-12)15-3/h5,7,9,11H,4,8,10H2,1-3H3,(H,15,16). The lowest BCUT2D eigenvalue weighted by Gasteiger charge is -2.26. The summed E-state index contributed by atoms with van der Waals surface area (Å²) in [6.07, 6.45) is 2.34. The van der Waals surface area contributed by atoms with Crippen LogP contribution in [0.2, 0.25) is 0 Å². The Morgan fingerprint density at radius 1 is 1.53 bits per heavy atom. The largest absolute Gasteiger partial charge is 0.373 e. The number of hydrogen-bond donors (Lipinski definition) is 1. The number of hydrogen-bond acceptors (Lipinski definition) is 4. The molecular weight excluding hydrogens is 212 g/mol. The second-order valence-corrected chi connectivity index (χ2v) is 4.40. The first-order valence-corrected chi connectivity index (χ1v) is 5.93. The molecule has 0 fully saturated rings. The fourth-order valence-corrected chi connectivity index (χ4v) is 1.70. The first kappa shape index (κ1) is 13.3. The summed E-state index contributed by atoms with van der Waals surface area (Å²) >= 11 is 0. The lowest BCUT2D eigenvalue weighted by atomic mass is 10.2. The summed E-state index contributed by atoms with van der Waals surface area (Å²) in [5.41, 5.74) is 1.12. The summed E-state index contributed by atoms with van der Waals surface area (Å²) in [6, 6.07) is 6.20. The Morgan fingerprint density at radius 3 is 2.88 bits per heavy atom. The van der Waals surface area contributed by atoms with E-state index in [4.69, 9.17) is 5.26 Å². The molecule has 0 aromatic carbocycles. The van der Waals surface area contributed by atoms with Crippen LogP contribution in [0.5, 0.6) is 0 Å². The first-order valence-electron chi connectivity index (χ1n) is 5.93. The summed E-state index contributed by atoms with van der Waals surface area (Å²) in [4.78, 5) is 6.43. The van der Waals surface area contributed by atoms with Crippen molar-refractivity contribution >= 4 is 11.5 Å². The van der Waals surface area contributed by atoms with Gasteiger partial charge in [0.15, 0.2) is 0 Å². The van der Waals surface area contributed by atoms with Gasteiger partial charge in [-0.25, -0.2) is 4.98 Å². The lowest BCUT2D eigenvalue weighted by molar-refractivity contribution is 0.612. The Morgan fingerprint density at radius 2 is 2.29 bits per heavy atom. The minimum absolute atomic E-state index is 0.546. The molecule has 0 saturated carbocycles. The van der Waals surface area contributed by atoms with Gasteiger partial charge in [0.1, 0.15) is 5.82 Å². The first-order chi connectivity index (χ1) is 8.17. The molecular formula is C13H20N4. The van der Waals surface area contributed by atoms with E-state index in [2.05, 4.69) is 35.1 Å². The highest BCUT2D eigenvalue weighted by Crippen LogP contribution is 2.18. The SMILES string of the molecule is CNc1cc(N(CCC#N)CC(C)C)ccn1. The van der Waals surface area contributed by atoms with Gasteiger partial charge in [-0.3, -0.25) is 0 Å². The van der Waals surface area contributed by atoms with Crippen molar-refractivity contribution in [2.75, 3.05) is 30.4 Å². The molecule has 4 heteroatoms. The highest BCUT2D eigenvalue weighted by molar-refractivity contribution is 5.53. The van der Waals surface area contributed by atoms with E-state index < -0.39 is 0 Å². The highest BCUT2D eigenvalue weighted by atomic mass is 15.1. The van der Waals surface area contributed by atoms with Crippen LogP contribution >= 0.6 is 0 Å². The smallest absolute Gasteiger partial charge is 0.127 e. The summed E-state index contributed by atoms with van der Waals surface area (Å²) in [7, 11) is 1.86. The van der Waals surface area contributed by atoms with Gasteiger partial charge in [-0.15, -0.1) is 0 Å². The Labute approximate surface area is 103 Å². The van der Waals surface area contributed by atoms with Crippen molar-refractivity contribution in [2.45, 2.75) is 20.3 Å². The Hall–Kier alpha value is -1.76. The molecule has 1 aromatic heterocycles. The van der Waals surface area contributed by atoms with Crippen molar-refractivity contribution in [3.05, 3.63) is 18.3 Å². The zero-order valence-electron chi connectivity index (χ0n) is 10.8. The molecule has 4 nitrogen and oxygen atoms in total. The highest BCUT2D eigenvalue weighted by Gasteiger charge is 2.09. The minimum atomic E-state index is 0.546. The molecule has 0 aliphatic heterocycles. The third-order valence-electron chi connectivity index (χ3n) is 2.44. The predicted octanol–water partition coefficient (Wildman–Crippen LogP) is 2.50. The normalized spacial score (nSPS) is 10.1. The number of anilines is 2. The lowest BCUT2D eigenvalue weighted by Crippen LogP contribution is -2.28. The van der Waals surface area contributed by atoms with Crippen molar-refractivity contribution in [1.82, 2.24) is 4.98 Å². The van der Waals surface area contributed by atoms with Crippen LogP contribution in [-0.4, -0.2) is 25.1 Å². The van der Waals surface area contributed by atoms with Crippen molar-refractivity contribution in [2.24, 2.45) is 5.92 Å². The van der Waals surface area contributed by atoms with E-state index in [1.54, 1.807) is 6.20 Å². The molecule has 0 unspecified atom stereocenters. The third kappa shape index (κ3) is 4.31. The zero-order valence-corrected chi connectivity index (χ0v) is 10.8. The quantitative estimate of drug-likeness (QED) is 0.818. The Balaban J connectivity index is 2.83. The Kier molecular flexibility index (Phi) is 5.28. The number of nitrogens with one attached hydrogen (secondary N) is 1. The number of nitrogens with zero attached hydrogens (tertiary/aromatic N) is 3. The van der Waals surface area contributed by atoms with Gasteiger partial charge < -0.3 is 10.2 Å². The zero-order chi connectivity index (χ0) is 12.7. The van der Waals surface area contributed by atoms with Gasteiger partial charge >= 0.3 is 0 Å². The van der Waals surface area contributed by atoms with Gasteiger partial charge in [-0.2, -0.15) is 5.26 Å². The van der Waals surface area contributed by atoms with Crippen LogP contribution in [0.15, 0.2) is 18.3 Å². The fourth-order valence-electron chi connectivity index (χ4n) is 1.70. The number of nitriles is 1. The van der Waals surface area contributed by atoms with Crippen LogP contribution in [0.4, 0.5) is 11.5 Å². The molecule has 0 aliphatic carbocycles. The molecule has 1 heterocycles. The molecule has 1 N–H and O–H groups in total. The van der Waals surface area contributed by atoms with E-state index in [-0.39, 0.29) is 0 Å². The molecule has 1 rings (SSSR count). The van der Waals surface area contributed by atoms with Gasteiger partial charge in [0.2, 0.25) is 0 Å². The van der Waals surface area contributed by atoms with Crippen LogP contribution in [-0.2, 0) is 0 Å². The van der Waals surface area contributed by atoms with Gasteiger partial charge in [-0.05, 0) is 12.0 Å². The van der Waals surface area contributed by atoms with E-state index in [1.165, 1.54) is 0 Å². The topological polar surface area (TPSA) is 52.0 Å². The second-order valence-electron chi connectivity index (χ2n) is 4.40. The maximum atomic E-state index is 8.70. The molecule has 0 bridgehead atoms. The molecule has 0 saturated heterocycles. The van der Waals surface area contributed by atoms with E-state index in [0.29, 0.717) is 12.3 Å². The van der Waals surface area contributed by atoms with Crippen LogP contribution in [0.1, 0.15) is 20.3 Å². The monoisotopic (exact) mass is 232 g/mol. The third-order valence-corrected chi connectivity index (χ3v) is 2.44. The van der Waals surface area contributed by atoms with E-state index >= 15 is 0 Å². The summed E-state index contributed by atoms with van der Waals surface area (Å²) in [5, 5.41) is 11.7. The molecule has 0 spiro atoms. The Bertz CT molecular complexity index is 381. The summed E-state index contributed by atoms with van der Waals surface area (Å²) in [6.45, 7) is 6.08. The molecule has 0 aliphatic rings. The van der Waals surface area contributed by atoms with Gasteiger partial charge in [0.25, 0.3) is 0 Å². The molecule has 1 aromatic rings. The van der Waals surface area contributed by atoms with E-state index in [9.17, 15) is 0 Å². The summed E-state index contributed by atoms with van der Waals surface area (Å²) < 4.78 is 0. The van der Waals surface area contributed by atoms with Crippen LogP contribution in [0, 0.1) is 17.2 Å². The van der Waals surface area contributed by atoms with Gasteiger partial charge in [0.05, 0.1) is 12.5 Å². The van der Waals surface area contributed by atoms with Crippen molar-refractivity contribution < 1.29 is 0 Å². The van der Waals surface area contributed by atoms with Crippen molar-refractivity contribution in [1.29, 1.82) is 5.26 Å². The van der Waals surface area contributed by atoms with Crippen molar-refractivity contribution in [3.8, 4) is 6.07 Å². The maximum absolute atomic E-state index is 8.70. The average molecular weight is 232 g/mol. The van der Waals surface area contributed by atoms with E-state index in [0.717, 1.165) is 24.6 Å². The average Bonchev–Trinajstić information content (AvgIpc) is 2.34. The van der Waals surface area contributed by atoms with Crippen LogP contribution < -0.4 is 10.2 Å². The molecule has 0 amide bonds. The van der Waals surface area contributed by atoms with Crippen LogP contribution in [0.25, 0.3) is 0 Å². The van der Waals surface area contributed by atoms with E-state index in [1.807, 2.05) is 19.2 Å². The number of aromatic nitrogens is 1. The van der Waals surface area contributed by atoms with Gasteiger partial charge in [0, 0.05) is 38.1 Å². The summed E-state index contributed by atoms with van der Waals surface area (Å²) in [5.74, 6) is 1.42. The second kappa shape index (κ2) is 6.74. The van der Waals surface area contributed by atoms with Gasteiger partial charge in [-0.1, -0.05) is 13.8 Å². The maximum Gasteiger partial charge on any atom is 0.127 e. The molecule has 0 radical (unpaired) electrons.